The molecular formula is C36H38N5O9S2+. The number of nitrogens with zero attached hydrogens (tertiary/aromatic N) is 4. The number of hydrogen-bond acceptors (Lipinski definition) is 12. The maximum atomic E-state index is 13.5. The zero-order valence-electron chi connectivity index (χ0n) is 28.6. The number of nitrogens with two attached hydrogens (primary N) is 1. The molecule has 1 fully saturated rings. The summed E-state index contributed by atoms with van der Waals surface area (Å²) >= 11 is 2.40. The number of likely N-dealkylation sites (N-methyl/N-ethyl adjacent to an activating group) is 1. The van der Waals surface area contributed by atoms with Gasteiger partial charge in [0.2, 0.25) is 11.5 Å². The molecule has 4 heterocycles. The van der Waals surface area contributed by atoms with Crippen molar-refractivity contribution in [3.8, 4) is 11.5 Å². The summed E-state index contributed by atoms with van der Waals surface area (Å²) in [4.78, 5) is 61.3. The van der Waals surface area contributed by atoms with Gasteiger partial charge in [0.05, 0.1) is 24.9 Å². The van der Waals surface area contributed by atoms with E-state index in [1.165, 1.54) is 35.9 Å². The number of nitrogen functional groups attached to an aromatic ring is 1. The number of phenolic OH excluding ortho intramolecular Hbond substituents is 2. The number of ketones is 1. The second-order valence-electron chi connectivity index (χ2n) is 13.8. The van der Waals surface area contributed by atoms with Crippen molar-refractivity contribution < 1.29 is 48.9 Å². The number of carboxylic acids is 2. The molecule has 52 heavy (non-hydrogen) atoms. The van der Waals surface area contributed by atoms with Crippen molar-refractivity contribution in [2.45, 2.75) is 50.8 Å². The maximum Gasteiger partial charge on any atom is 0.352 e. The summed E-state index contributed by atoms with van der Waals surface area (Å²) in [5.74, 6) is -4.47. The van der Waals surface area contributed by atoms with Crippen LogP contribution in [0.15, 0.2) is 64.3 Å². The molecule has 1 amide bonds. The number of hydrogen-bond donors (Lipinski definition) is 5. The molecule has 1 unspecified atom stereocenters. The molecule has 2 aromatic carbocycles. The van der Waals surface area contributed by atoms with Crippen LogP contribution >= 0.6 is 23.1 Å². The second-order valence-corrected chi connectivity index (χ2v) is 15.8. The first-order valence-corrected chi connectivity index (χ1v) is 18.3. The molecule has 3 atom stereocenters. The number of β-lactam (4-membered cyclic amide) rings is 1. The molecular weight excluding hydrogens is 711 g/mol. The van der Waals surface area contributed by atoms with Crippen LogP contribution in [0.2, 0.25) is 0 Å². The Morgan fingerprint density at radius 1 is 1.12 bits per heavy atom. The Bertz CT molecular complexity index is 2060. The van der Waals surface area contributed by atoms with Crippen molar-refractivity contribution in [1.29, 1.82) is 0 Å². The number of carbonyl (C=O) groups excluding carboxylic acids is 2. The van der Waals surface area contributed by atoms with Crippen LogP contribution < -0.4 is 5.73 Å². The Morgan fingerprint density at radius 2 is 1.81 bits per heavy atom. The average molecular weight is 749 g/mol. The summed E-state index contributed by atoms with van der Waals surface area (Å²) in [7, 11) is 2.16. The molecule has 0 bridgehead atoms. The average Bonchev–Trinajstić information content (AvgIpc) is 3.52. The van der Waals surface area contributed by atoms with E-state index < -0.39 is 40.5 Å². The number of anilines is 1. The molecule has 1 aromatic heterocycles. The lowest BCUT2D eigenvalue weighted by Gasteiger charge is -2.49. The molecule has 14 nitrogen and oxygen atoms in total. The Kier molecular flexibility index (Phi) is 9.91. The van der Waals surface area contributed by atoms with E-state index >= 15 is 0 Å². The van der Waals surface area contributed by atoms with Gasteiger partial charge in [0, 0.05) is 35.1 Å². The number of quaternary nitrogens is 1. The summed E-state index contributed by atoms with van der Waals surface area (Å²) in [6.45, 7) is 4.89. The number of thioether (sulfide) groups is 1. The van der Waals surface area contributed by atoms with Gasteiger partial charge < -0.3 is 35.5 Å². The lowest BCUT2D eigenvalue weighted by Crippen LogP contribution is -2.62. The van der Waals surface area contributed by atoms with Crippen molar-refractivity contribution in [3.63, 3.8) is 0 Å². The van der Waals surface area contributed by atoms with Crippen molar-refractivity contribution in [1.82, 2.24) is 9.88 Å². The summed E-state index contributed by atoms with van der Waals surface area (Å²) < 4.78 is 0.737. The fourth-order valence-corrected chi connectivity index (χ4v) is 8.40. The predicted octanol–water partition coefficient (Wildman–Crippen LogP) is 3.97. The standard InChI is InChI=1S/C36H37N5O9S2/c1-36(2,34(48)49)50-39-29(25-18-52-35(37)38-25)28(44)14-24-31(45)40-30(33(46)47)22(17-51-32(24)40)9-8-19-4-6-20(7-5-19)15-41(3)11-10-21-12-26(42)27(43)13-23(21)16-41/h4-9,12-13,18,24,32H,10-11,14-17H2,1-3H3,(H5-,37,38,39,42,43,44,46,47,48,49)/p+1/t24-,32-,41?/m1/s1. The normalized spacial score (nSPS) is 21.8. The molecule has 272 valence electrons. The number of allylic oxidation sites excluding steroid dienone is 1. The van der Waals surface area contributed by atoms with E-state index in [4.69, 9.17) is 10.6 Å². The Balaban J connectivity index is 1.13. The number of amides is 1. The minimum absolute atomic E-state index is 0.0799. The SMILES string of the molecule is CC(C)(O/N=C(\C(=O)C[C@@H]1C(=O)N2C(C(=O)O)=C(C=Cc3ccc(C[N+]4(C)CCc5cc(O)c(O)cc5C4)cc3)CS[C@H]12)c1csc(N)n1)C(=O)O. The third-order valence-corrected chi connectivity index (χ3v) is 11.4. The quantitative estimate of drug-likeness (QED) is 0.0586. The number of aliphatic carboxylic acids is 2. The Morgan fingerprint density at radius 3 is 2.44 bits per heavy atom. The topological polar surface area (TPSA) is 213 Å². The highest BCUT2D eigenvalue weighted by molar-refractivity contribution is 8.00. The number of fused-ring (bicyclic) bond motifs is 2. The minimum atomic E-state index is -1.75. The zero-order valence-corrected chi connectivity index (χ0v) is 30.2. The third-order valence-electron chi connectivity index (χ3n) is 9.42. The van der Waals surface area contributed by atoms with E-state index in [-0.39, 0.29) is 40.2 Å². The molecule has 3 aliphatic heterocycles. The summed E-state index contributed by atoms with van der Waals surface area (Å²) in [6.07, 6.45) is 3.97. The molecule has 0 radical (unpaired) electrons. The number of aromatic nitrogens is 1. The number of aromatic hydroxyl groups is 2. The maximum absolute atomic E-state index is 13.5. The zero-order chi connectivity index (χ0) is 37.5. The van der Waals surface area contributed by atoms with E-state index in [0.717, 1.165) is 64.1 Å². The molecule has 3 aliphatic rings. The van der Waals surface area contributed by atoms with Crippen LogP contribution in [0, 0.1) is 5.92 Å². The number of rotatable bonds is 12. The van der Waals surface area contributed by atoms with Gasteiger partial charge in [-0.3, -0.25) is 14.5 Å². The Labute approximate surface area is 307 Å². The van der Waals surface area contributed by atoms with E-state index in [0.29, 0.717) is 11.3 Å². The minimum Gasteiger partial charge on any atom is -0.504 e. The van der Waals surface area contributed by atoms with Gasteiger partial charge in [-0.15, -0.1) is 23.1 Å². The van der Waals surface area contributed by atoms with Crippen LogP contribution in [0.3, 0.4) is 0 Å². The number of phenols is 2. The lowest BCUT2D eigenvalue weighted by molar-refractivity contribution is -0.937. The highest BCUT2D eigenvalue weighted by atomic mass is 32.2. The number of carbonyl (C=O) groups is 4. The molecule has 3 aromatic rings. The van der Waals surface area contributed by atoms with Crippen LogP contribution in [-0.2, 0) is 43.5 Å². The van der Waals surface area contributed by atoms with Gasteiger partial charge >= 0.3 is 11.9 Å². The van der Waals surface area contributed by atoms with Gasteiger partial charge in [0.15, 0.2) is 28.1 Å². The van der Waals surface area contributed by atoms with Crippen LogP contribution in [0.4, 0.5) is 5.13 Å². The first kappa shape index (κ1) is 36.6. The second kappa shape index (κ2) is 14.1. The van der Waals surface area contributed by atoms with Gasteiger partial charge in [-0.05, 0) is 42.7 Å². The summed E-state index contributed by atoms with van der Waals surface area (Å²) in [5.41, 5.74) is 8.14. The Hall–Kier alpha value is -5.19. The number of carboxylic acid groups (broad SMARTS) is 2. The smallest absolute Gasteiger partial charge is 0.352 e. The predicted molar refractivity (Wildman–Crippen MR) is 194 cm³/mol. The largest absolute Gasteiger partial charge is 0.504 e. The van der Waals surface area contributed by atoms with Gasteiger partial charge in [-0.1, -0.05) is 41.6 Å². The summed E-state index contributed by atoms with van der Waals surface area (Å²) in [5, 5.41) is 44.2. The fraction of sp³-hybridized carbons (Fsp3) is 0.333. The van der Waals surface area contributed by atoms with Gasteiger partial charge in [0.25, 0.3) is 0 Å². The first-order chi connectivity index (χ1) is 24.5. The van der Waals surface area contributed by atoms with Crippen molar-refractivity contribution in [2.75, 3.05) is 25.1 Å². The number of benzene rings is 2. The molecule has 16 heteroatoms. The molecule has 6 rings (SSSR count). The highest BCUT2D eigenvalue weighted by Crippen LogP contribution is 2.45. The van der Waals surface area contributed by atoms with Gasteiger partial charge in [-0.25, -0.2) is 14.6 Å². The van der Waals surface area contributed by atoms with Crippen LogP contribution in [0.1, 0.15) is 48.2 Å². The van der Waals surface area contributed by atoms with E-state index in [2.05, 4.69) is 17.2 Å². The van der Waals surface area contributed by atoms with Crippen LogP contribution in [-0.4, -0.2) is 94.5 Å². The highest BCUT2D eigenvalue weighted by Gasteiger charge is 2.54. The molecule has 0 aliphatic carbocycles. The van der Waals surface area contributed by atoms with Crippen molar-refractivity contribution in [2.24, 2.45) is 11.1 Å². The molecule has 6 N–H and O–H groups in total. The fourth-order valence-electron chi connectivity index (χ4n) is 6.47. The number of thiazole rings is 1. The van der Waals surface area contributed by atoms with E-state index in [1.54, 1.807) is 24.3 Å². The third kappa shape index (κ3) is 7.40. The molecule has 0 saturated carbocycles. The summed E-state index contributed by atoms with van der Waals surface area (Å²) in [6, 6.07) is 11.2. The van der Waals surface area contributed by atoms with Crippen molar-refractivity contribution in [3.05, 3.63) is 87.1 Å². The molecule has 0 spiro atoms. The monoisotopic (exact) mass is 748 g/mol. The van der Waals surface area contributed by atoms with Crippen LogP contribution in [0.5, 0.6) is 11.5 Å². The number of oxime groups is 1. The number of Topliss-reactive ketones (excluding diaryl/α,β-unsaturated/α-hetero) is 1. The van der Waals surface area contributed by atoms with Crippen LogP contribution in [0.25, 0.3) is 6.08 Å². The van der Waals surface area contributed by atoms with Crippen molar-refractivity contribution >= 4 is 63.6 Å². The van der Waals surface area contributed by atoms with Gasteiger partial charge in [-0.2, -0.15) is 0 Å². The van der Waals surface area contributed by atoms with Gasteiger partial charge in [0.1, 0.15) is 24.5 Å². The lowest BCUT2D eigenvalue weighted by atomic mass is 9.89. The first-order valence-electron chi connectivity index (χ1n) is 16.3. The van der Waals surface area contributed by atoms with E-state index in [9.17, 15) is 39.6 Å². The molecule has 1 saturated heterocycles. The van der Waals surface area contributed by atoms with E-state index in [1.807, 2.05) is 24.3 Å².